The zero-order valence-corrected chi connectivity index (χ0v) is 15.0. The number of benzene rings is 2. The number of ether oxygens (including phenoxy) is 1. The average molecular weight is 374 g/mol. The summed E-state index contributed by atoms with van der Waals surface area (Å²) < 4.78 is 5.66. The molecule has 2 aromatic carbocycles. The Morgan fingerprint density at radius 2 is 1.54 bits per heavy atom. The molecule has 5 nitrogen and oxygen atoms in total. The van der Waals surface area contributed by atoms with Gasteiger partial charge in [-0.15, -0.1) is 0 Å². The van der Waals surface area contributed by atoms with E-state index in [9.17, 15) is 14.9 Å². The van der Waals surface area contributed by atoms with Gasteiger partial charge in [0.15, 0.2) is 0 Å². The van der Waals surface area contributed by atoms with Gasteiger partial charge in [-0.25, -0.2) is 0 Å². The fraction of sp³-hybridized carbons (Fsp3) is 0.250. The van der Waals surface area contributed by atoms with Crippen LogP contribution in [0.15, 0.2) is 48.5 Å². The van der Waals surface area contributed by atoms with Crippen LogP contribution in [0.2, 0.25) is 0 Å². The topological polar surface area (TPSA) is 69.4 Å². The lowest BCUT2D eigenvalue weighted by Gasteiger charge is -2.06. The Morgan fingerprint density at radius 1 is 0.962 bits per heavy atom. The van der Waals surface area contributed by atoms with Gasteiger partial charge >= 0.3 is 0 Å². The molecule has 0 aromatic heterocycles. The highest BCUT2D eigenvalue weighted by Gasteiger charge is 2.02. The van der Waals surface area contributed by atoms with E-state index in [0.29, 0.717) is 13.0 Å². The van der Waals surface area contributed by atoms with Gasteiger partial charge in [-0.05, 0) is 66.3 Å². The van der Waals surface area contributed by atoms with E-state index in [2.05, 4.69) is 0 Å². The lowest BCUT2D eigenvalue weighted by Crippen LogP contribution is -1.97. The van der Waals surface area contributed by atoms with E-state index >= 15 is 0 Å². The average Bonchev–Trinajstić information content (AvgIpc) is 2.64. The summed E-state index contributed by atoms with van der Waals surface area (Å²) in [5.74, 6) is 0.797. The van der Waals surface area contributed by atoms with Gasteiger partial charge in [0.2, 0.25) is 5.24 Å². The lowest BCUT2D eigenvalue weighted by atomic mass is 10.1. The van der Waals surface area contributed by atoms with Gasteiger partial charge in [0, 0.05) is 18.6 Å². The second-order valence-electron chi connectivity index (χ2n) is 5.77. The minimum absolute atomic E-state index is 0.0814. The van der Waals surface area contributed by atoms with Gasteiger partial charge < -0.3 is 4.74 Å². The quantitative estimate of drug-likeness (QED) is 0.182. The SMILES string of the molecule is O=C(Cl)CCCCCOc1ccc(C=Cc2ccc([N+](=O)[O-])cc2)cc1. The van der Waals surface area contributed by atoms with Crippen molar-refractivity contribution in [1.29, 1.82) is 0 Å². The minimum atomic E-state index is -0.413. The van der Waals surface area contributed by atoms with E-state index in [4.69, 9.17) is 16.3 Å². The molecule has 6 heteroatoms. The van der Waals surface area contributed by atoms with Crippen molar-refractivity contribution < 1.29 is 14.5 Å². The van der Waals surface area contributed by atoms with Crippen molar-refractivity contribution in [1.82, 2.24) is 0 Å². The van der Waals surface area contributed by atoms with Crippen LogP contribution in [0.5, 0.6) is 5.75 Å². The second-order valence-corrected chi connectivity index (χ2v) is 6.19. The molecule has 0 saturated carbocycles. The van der Waals surface area contributed by atoms with Crippen LogP contribution in [-0.2, 0) is 4.79 Å². The molecule has 0 spiro atoms. The van der Waals surface area contributed by atoms with Gasteiger partial charge in [0.05, 0.1) is 11.5 Å². The maximum atomic E-state index is 10.6. The van der Waals surface area contributed by atoms with E-state index in [1.807, 2.05) is 36.4 Å². The fourth-order valence-electron chi connectivity index (χ4n) is 2.31. The molecule has 0 bridgehead atoms. The Bertz CT molecular complexity index is 754. The first kappa shape index (κ1) is 19.7. The van der Waals surface area contributed by atoms with Crippen molar-refractivity contribution >= 4 is 34.7 Å². The van der Waals surface area contributed by atoms with Gasteiger partial charge in [-0.1, -0.05) is 24.3 Å². The zero-order valence-electron chi connectivity index (χ0n) is 14.3. The molecule has 0 fully saturated rings. The molecule has 0 radical (unpaired) electrons. The molecule has 0 saturated heterocycles. The van der Waals surface area contributed by atoms with Crippen LogP contribution in [-0.4, -0.2) is 16.8 Å². The number of nitro groups is 1. The Balaban J connectivity index is 1.77. The Hall–Kier alpha value is -2.66. The molecule has 0 atom stereocenters. The lowest BCUT2D eigenvalue weighted by molar-refractivity contribution is -0.384. The predicted octanol–water partition coefficient (Wildman–Crippen LogP) is 5.47. The Labute approximate surface area is 157 Å². The molecule has 0 N–H and O–H groups in total. The molecular formula is C20H20ClNO4. The van der Waals surface area contributed by atoms with Crippen molar-refractivity contribution in [2.24, 2.45) is 0 Å². The number of unbranched alkanes of at least 4 members (excludes halogenated alkanes) is 2. The Morgan fingerprint density at radius 3 is 2.08 bits per heavy atom. The molecule has 136 valence electrons. The van der Waals surface area contributed by atoms with Crippen LogP contribution in [0.25, 0.3) is 12.2 Å². The summed E-state index contributed by atoms with van der Waals surface area (Å²) in [5.41, 5.74) is 1.99. The maximum absolute atomic E-state index is 10.6. The number of halogens is 1. The Kier molecular flexibility index (Phi) is 7.83. The number of nitro benzene ring substituents is 1. The fourth-order valence-corrected chi connectivity index (χ4v) is 2.44. The van der Waals surface area contributed by atoms with Crippen LogP contribution >= 0.6 is 11.6 Å². The minimum Gasteiger partial charge on any atom is -0.494 e. The van der Waals surface area contributed by atoms with Crippen LogP contribution in [0, 0.1) is 10.1 Å². The molecule has 0 aliphatic heterocycles. The summed E-state index contributed by atoms with van der Waals surface area (Å²) in [4.78, 5) is 20.8. The van der Waals surface area contributed by atoms with Gasteiger partial charge in [-0.2, -0.15) is 0 Å². The first-order valence-electron chi connectivity index (χ1n) is 8.38. The van der Waals surface area contributed by atoms with Crippen molar-refractivity contribution in [3.8, 4) is 5.75 Å². The van der Waals surface area contributed by atoms with Gasteiger partial charge in [0.25, 0.3) is 5.69 Å². The van der Waals surface area contributed by atoms with Crippen LogP contribution in [0.4, 0.5) is 5.69 Å². The number of carbonyl (C=O) groups is 1. The summed E-state index contributed by atoms with van der Waals surface area (Å²) in [6.07, 6.45) is 6.84. The number of hydrogen-bond donors (Lipinski definition) is 0. The standard InChI is InChI=1S/C20H20ClNO4/c21-20(23)4-2-1-3-15-26-19-13-9-17(10-14-19)6-5-16-7-11-18(12-8-16)22(24)25/h5-14H,1-4,15H2. The highest BCUT2D eigenvalue weighted by Crippen LogP contribution is 2.17. The van der Waals surface area contributed by atoms with Crippen LogP contribution in [0.3, 0.4) is 0 Å². The molecule has 0 amide bonds. The molecule has 0 heterocycles. The largest absolute Gasteiger partial charge is 0.494 e. The summed E-state index contributed by atoms with van der Waals surface area (Å²) in [7, 11) is 0. The van der Waals surface area contributed by atoms with Crippen LogP contribution < -0.4 is 4.74 Å². The first-order valence-corrected chi connectivity index (χ1v) is 8.76. The van der Waals surface area contributed by atoms with Gasteiger partial charge in [0.1, 0.15) is 5.75 Å². The maximum Gasteiger partial charge on any atom is 0.269 e. The van der Waals surface area contributed by atoms with E-state index < -0.39 is 4.92 Å². The van der Waals surface area contributed by atoms with E-state index in [0.717, 1.165) is 36.1 Å². The number of carbonyl (C=O) groups excluding carboxylic acids is 1. The summed E-state index contributed by atoms with van der Waals surface area (Å²) in [6, 6.07) is 14.1. The molecule has 26 heavy (non-hydrogen) atoms. The molecule has 0 aliphatic carbocycles. The van der Waals surface area contributed by atoms with Crippen molar-refractivity contribution in [3.05, 3.63) is 69.8 Å². The third-order valence-electron chi connectivity index (χ3n) is 3.74. The van der Waals surface area contributed by atoms with E-state index in [1.54, 1.807) is 12.1 Å². The summed E-state index contributed by atoms with van der Waals surface area (Å²) in [6.45, 7) is 0.606. The van der Waals surface area contributed by atoms with Crippen molar-refractivity contribution in [3.63, 3.8) is 0 Å². The highest BCUT2D eigenvalue weighted by atomic mass is 35.5. The molecule has 0 unspecified atom stereocenters. The third kappa shape index (κ3) is 7.07. The normalized spacial score (nSPS) is 10.8. The second kappa shape index (κ2) is 10.4. The molecular weight excluding hydrogens is 354 g/mol. The van der Waals surface area contributed by atoms with Crippen molar-refractivity contribution in [2.75, 3.05) is 6.61 Å². The summed E-state index contributed by atoms with van der Waals surface area (Å²) >= 11 is 5.28. The molecule has 2 rings (SSSR count). The zero-order chi connectivity index (χ0) is 18.8. The third-order valence-corrected chi connectivity index (χ3v) is 3.93. The van der Waals surface area contributed by atoms with E-state index in [-0.39, 0.29) is 10.9 Å². The van der Waals surface area contributed by atoms with E-state index in [1.165, 1.54) is 12.1 Å². The summed E-state index contributed by atoms with van der Waals surface area (Å²) in [5, 5.41) is 10.3. The van der Waals surface area contributed by atoms with Gasteiger partial charge in [-0.3, -0.25) is 14.9 Å². The van der Waals surface area contributed by atoms with Crippen molar-refractivity contribution in [2.45, 2.75) is 25.7 Å². The number of hydrogen-bond acceptors (Lipinski definition) is 4. The molecule has 0 aliphatic rings. The smallest absolute Gasteiger partial charge is 0.269 e. The highest BCUT2D eigenvalue weighted by molar-refractivity contribution is 6.63. The molecule has 2 aromatic rings. The van der Waals surface area contributed by atoms with Crippen LogP contribution in [0.1, 0.15) is 36.8 Å². The number of non-ortho nitro benzene ring substituents is 1. The monoisotopic (exact) mass is 373 g/mol. The first-order chi connectivity index (χ1) is 12.5. The predicted molar refractivity (Wildman–Crippen MR) is 103 cm³/mol. The number of nitrogens with zero attached hydrogens (tertiary/aromatic N) is 1. The number of rotatable bonds is 10.